The summed E-state index contributed by atoms with van der Waals surface area (Å²) < 4.78 is -0.577. The normalized spacial score (nSPS) is 17.3. The van der Waals surface area contributed by atoms with E-state index in [1.165, 1.54) is 28.4 Å². The van der Waals surface area contributed by atoms with Crippen LogP contribution < -0.4 is 10.6 Å². The number of rotatable bonds is 11. The summed E-state index contributed by atoms with van der Waals surface area (Å²) in [7, 11) is 0. The highest BCUT2D eigenvalue weighted by Crippen LogP contribution is 2.40. The number of aliphatic hydroxyl groups is 1. The number of amides is 3. The molecule has 0 unspecified atom stereocenters. The highest BCUT2D eigenvalue weighted by molar-refractivity contribution is 8.01. The molecule has 0 aliphatic carbocycles. The first-order valence-electron chi connectivity index (χ1n) is 14.2. The summed E-state index contributed by atoms with van der Waals surface area (Å²) in [6, 6.07) is 17.3. The second-order valence-electron chi connectivity index (χ2n) is 11.3. The van der Waals surface area contributed by atoms with E-state index in [9.17, 15) is 19.5 Å². The van der Waals surface area contributed by atoms with Crippen molar-refractivity contribution >= 4 is 41.2 Å². The topological polar surface area (TPSA) is 125 Å². The first-order valence-corrected chi connectivity index (χ1v) is 16.1. The first kappa shape index (κ1) is 32.5. The van der Waals surface area contributed by atoms with Gasteiger partial charge in [-0.3, -0.25) is 14.4 Å². The highest BCUT2D eigenvalue weighted by atomic mass is 32.2. The molecule has 3 atom stereocenters. The van der Waals surface area contributed by atoms with Gasteiger partial charge in [-0.25, -0.2) is 9.97 Å². The summed E-state index contributed by atoms with van der Waals surface area (Å²) in [6.45, 7) is 9.89. The van der Waals surface area contributed by atoms with E-state index < -0.39 is 28.8 Å². The van der Waals surface area contributed by atoms with Crippen LogP contribution >= 0.6 is 23.5 Å². The maximum absolute atomic E-state index is 13.8. The average molecular weight is 622 g/mol. The number of nitrogens with one attached hydrogen (secondary N) is 2. The zero-order chi connectivity index (χ0) is 31.1. The van der Waals surface area contributed by atoms with Crippen LogP contribution in [0.1, 0.15) is 41.9 Å². The fraction of sp³-hybridized carbons (Fsp3) is 0.406. The van der Waals surface area contributed by atoms with E-state index in [0.717, 1.165) is 28.1 Å². The van der Waals surface area contributed by atoms with Gasteiger partial charge in [0.1, 0.15) is 6.04 Å². The van der Waals surface area contributed by atoms with Gasteiger partial charge in [-0.2, -0.15) is 0 Å². The van der Waals surface area contributed by atoms with Crippen molar-refractivity contribution in [3.63, 3.8) is 0 Å². The van der Waals surface area contributed by atoms with E-state index in [2.05, 4.69) is 20.6 Å². The third-order valence-corrected chi connectivity index (χ3v) is 9.59. The Bertz CT molecular complexity index is 1430. The molecule has 9 nitrogen and oxygen atoms in total. The van der Waals surface area contributed by atoms with Gasteiger partial charge in [-0.1, -0.05) is 66.4 Å². The Morgan fingerprint density at radius 1 is 1.05 bits per heavy atom. The van der Waals surface area contributed by atoms with E-state index in [1.54, 1.807) is 0 Å². The quantitative estimate of drug-likeness (QED) is 0.219. The van der Waals surface area contributed by atoms with Gasteiger partial charge in [0.25, 0.3) is 5.91 Å². The molecule has 1 saturated heterocycles. The van der Waals surface area contributed by atoms with E-state index in [1.807, 2.05) is 95.3 Å². The van der Waals surface area contributed by atoms with Crippen molar-refractivity contribution in [3.05, 3.63) is 88.7 Å². The van der Waals surface area contributed by atoms with Gasteiger partial charge in [-0.15, -0.1) is 11.8 Å². The van der Waals surface area contributed by atoms with Crippen LogP contribution in [0.2, 0.25) is 0 Å². The lowest BCUT2D eigenvalue weighted by atomic mass is 9.97. The average Bonchev–Trinajstić information content (AvgIpc) is 3.29. The molecule has 1 fully saturated rings. The predicted octanol–water partition coefficient (Wildman–Crippen LogP) is 3.58. The second kappa shape index (κ2) is 14.4. The van der Waals surface area contributed by atoms with Crippen molar-refractivity contribution in [2.45, 2.75) is 75.7 Å². The molecule has 1 aliphatic rings. The molecule has 1 aliphatic heterocycles. The second-order valence-corrected chi connectivity index (χ2v) is 13.8. The first-order chi connectivity index (χ1) is 20.4. The number of nitrogens with zero attached hydrogens (tertiary/aromatic N) is 3. The minimum atomic E-state index is -1.56. The molecule has 43 heavy (non-hydrogen) atoms. The van der Waals surface area contributed by atoms with Gasteiger partial charge >= 0.3 is 0 Å². The lowest BCUT2D eigenvalue weighted by Gasteiger charge is -2.33. The van der Waals surface area contributed by atoms with Crippen molar-refractivity contribution < 1.29 is 19.5 Å². The predicted molar refractivity (Wildman–Crippen MR) is 171 cm³/mol. The number of carbonyl (C=O) groups excluding carboxylic acids is 3. The number of thioether (sulfide) groups is 2. The Labute approximate surface area is 261 Å². The Kier molecular flexibility index (Phi) is 10.9. The van der Waals surface area contributed by atoms with Crippen molar-refractivity contribution in [1.82, 2.24) is 25.5 Å². The van der Waals surface area contributed by atoms with Gasteiger partial charge in [-0.05, 0) is 63.8 Å². The van der Waals surface area contributed by atoms with E-state index >= 15 is 0 Å². The molecule has 228 valence electrons. The maximum atomic E-state index is 13.8. The van der Waals surface area contributed by atoms with Crippen LogP contribution in [-0.2, 0) is 27.3 Å². The lowest BCUT2D eigenvalue weighted by molar-refractivity contribution is -0.147. The molecule has 2 aromatic carbocycles. The smallest absolute Gasteiger partial charge is 0.254 e. The van der Waals surface area contributed by atoms with Crippen LogP contribution in [0.25, 0.3) is 0 Å². The SMILES string of the molecule is Cc1cc(C)nc(SCC(=O)N[C@@H](Cc2ccccc2)[C@H](O)C(=O)N2CSC(C)(C)[C@H]2C(=O)NCc2ccccc2C)n1. The third-order valence-electron chi connectivity index (χ3n) is 7.36. The molecule has 3 aromatic rings. The molecule has 3 N–H and O–H groups in total. The van der Waals surface area contributed by atoms with Crippen LogP contribution in [-0.4, -0.2) is 72.3 Å². The molecule has 11 heteroatoms. The number of hydrogen-bond donors (Lipinski definition) is 3. The number of carbonyl (C=O) groups is 3. The number of aromatic nitrogens is 2. The van der Waals surface area contributed by atoms with Gasteiger partial charge < -0.3 is 20.6 Å². The van der Waals surface area contributed by atoms with E-state index in [-0.39, 0.29) is 29.9 Å². The zero-order valence-electron chi connectivity index (χ0n) is 25.2. The summed E-state index contributed by atoms with van der Waals surface area (Å²) in [6.07, 6.45) is -1.33. The van der Waals surface area contributed by atoms with E-state index in [4.69, 9.17) is 0 Å². The summed E-state index contributed by atoms with van der Waals surface area (Å²) >= 11 is 2.67. The van der Waals surface area contributed by atoms with Crippen molar-refractivity contribution in [3.8, 4) is 0 Å². The zero-order valence-corrected chi connectivity index (χ0v) is 26.8. The summed E-state index contributed by atoms with van der Waals surface area (Å²) in [5, 5.41) is 17.8. The van der Waals surface area contributed by atoms with Crippen LogP contribution in [0.15, 0.2) is 65.8 Å². The summed E-state index contributed by atoms with van der Waals surface area (Å²) in [4.78, 5) is 50.6. The van der Waals surface area contributed by atoms with Gasteiger partial charge in [0.2, 0.25) is 11.8 Å². The minimum absolute atomic E-state index is 0.0195. The summed E-state index contributed by atoms with van der Waals surface area (Å²) in [5.74, 6) is -0.972. The number of aliphatic hydroxyl groups excluding tert-OH is 1. The number of benzene rings is 2. The molecule has 0 spiro atoms. The molecule has 0 radical (unpaired) electrons. The van der Waals surface area contributed by atoms with Gasteiger partial charge in [0.15, 0.2) is 11.3 Å². The van der Waals surface area contributed by atoms with Crippen molar-refractivity contribution in [2.24, 2.45) is 0 Å². The minimum Gasteiger partial charge on any atom is -0.381 e. The standard InChI is InChI=1S/C32H39N5O4S2/c1-20-11-9-10-14-24(20)17-33-29(40)28-32(4,5)43-19-37(28)30(41)27(39)25(16-23-12-7-6-8-13-23)36-26(38)18-42-31-34-21(2)15-22(3)35-31/h6-15,25,27-28,39H,16-19H2,1-5H3,(H,33,40)(H,36,38)/t25-,27-,28+/m0/s1. The van der Waals surface area contributed by atoms with Crippen LogP contribution in [0.5, 0.6) is 0 Å². The van der Waals surface area contributed by atoms with Crippen molar-refractivity contribution in [2.75, 3.05) is 11.6 Å². The number of hydrogen-bond acceptors (Lipinski definition) is 8. The van der Waals surface area contributed by atoms with E-state index in [0.29, 0.717) is 11.7 Å². The highest BCUT2D eigenvalue weighted by Gasteiger charge is 2.49. The Morgan fingerprint density at radius 3 is 2.37 bits per heavy atom. The third kappa shape index (κ3) is 8.58. The largest absolute Gasteiger partial charge is 0.381 e. The molecule has 1 aromatic heterocycles. The summed E-state index contributed by atoms with van der Waals surface area (Å²) in [5.41, 5.74) is 4.53. The van der Waals surface area contributed by atoms with Crippen LogP contribution in [0.3, 0.4) is 0 Å². The lowest BCUT2D eigenvalue weighted by Crippen LogP contribution is -2.58. The molecule has 2 heterocycles. The van der Waals surface area contributed by atoms with Crippen molar-refractivity contribution in [1.29, 1.82) is 0 Å². The molecule has 3 amide bonds. The molecule has 4 rings (SSSR count). The Morgan fingerprint density at radius 2 is 1.70 bits per heavy atom. The Balaban J connectivity index is 1.48. The molecular weight excluding hydrogens is 583 g/mol. The molecule has 0 saturated carbocycles. The van der Waals surface area contributed by atoms with Gasteiger partial charge in [0.05, 0.1) is 17.7 Å². The molecular formula is C32H39N5O4S2. The fourth-order valence-corrected chi connectivity index (χ4v) is 6.99. The van der Waals surface area contributed by atoms with Crippen LogP contribution in [0, 0.1) is 20.8 Å². The molecule has 0 bridgehead atoms. The number of aryl methyl sites for hydroxylation is 3. The van der Waals surface area contributed by atoms with Crippen LogP contribution in [0.4, 0.5) is 0 Å². The Hall–Kier alpha value is -3.41. The fourth-order valence-electron chi connectivity index (χ4n) is 5.09. The maximum Gasteiger partial charge on any atom is 0.254 e. The van der Waals surface area contributed by atoms with Gasteiger partial charge in [0, 0.05) is 22.7 Å². The monoisotopic (exact) mass is 621 g/mol.